The molecule has 0 aromatic heterocycles. The van der Waals surface area contributed by atoms with Gasteiger partial charge >= 0.3 is 0 Å². The Labute approximate surface area is 88.0 Å². The van der Waals surface area contributed by atoms with Crippen LogP contribution in [0.2, 0.25) is 0 Å². The minimum atomic E-state index is -0.305. The SMILES string of the molecule is O=C1CCC(NCCOCCO)C(=O)N1. The van der Waals surface area contributed by atoms with E-state index < -0.39 is 0 Å². The molecule has 6 heteroatoms. The molecule has 0 bridgehead atoms. The smallest absolute Gasteiger partial charge is 0.243 e. The summed E-state index contributed by atoms with van der Waals surface area (Å²) in [4.78, 5) is 22.1. The van der Waals surface area contributed by atoms with Crippen molar-refractivity contribution in [3.63, 3.8) is 0 Å². The van der Waals surface area contributed by atoms with Crippen LogP contribution in [-0.2, 0) is 14.3 Å². The van der Waals surface area contributed by atoms with Crippen LogP contribution in [0.15, 0.2) is 0 Å². The molecule has 1 heterocycles. The highest BCUT2D eigenvalue weighted by molar-refractivity contribution is 6.00. The van der Waals surface area contributed by atoms with Gasteiger partial charge in [0.2, 0.25) is 11.8 Å². The van der Waals surface area contributed by atoms with Gasteiger partial charge in [-0.3, -0.25) is 14.9 Å². The van der Waals surface area contributed by atoms with Crippen molar-refractivity contribution in [1.29, 1.82) is 0 Å². The fourth-order valence-corrected chi connectivity index (χ4v) is 1.36. The molecule has 6 nitrogen and oxygen atoms in total. The number of imide groups is 1. The van der Waals surface area contributed by atoms with E-state index in [9.17, 15) is 9.59 Å². The molecule has 0 saturated carbocycles. The summed E-state index contributed by atoms with van der Waals surface area (Å²) in [5.74, 6) is -0.483. The maximum Gasteiger partial charge on any atom is 0.243 e. The molecule has 0 aromatic rings. The quantitative estimate of drug-likeness (QED) is 0.367. The van der Waals surface area contributed by atoms with Crippen molar-refractivity contribution in [1.82, 2.24) is 10.6 Å². The van der Waals surface area contributed by atoms with Gasteiger partial charge in [-0.25, -0.2) is 0 Å². The molecule has 0 aliphatic carbocycles. The fourth-order valence-electron chi connectivity index (χ4n) is 1.36. The normalized spacial score (nSPS) is 21.5. The fraction of sp³-hybridized carbons (Fsp3) is 0.778. The lowest BCUT2D eigenvalue weighted by Gasteiger charge is -2.21. The van der Waals surface area contributed by atoms with Crippen LogP contribution in [0, 0.1) is 0 Å². The van der Waals surface area contributed by atoms with Crippen molar-refractivity contribution >= 4 is 11.8 Å². The van der Waals surface area contributed by atoms with Gasteiger partial charge in [0.15, 0.2) is 0 Å². The molecule has 1 unspecified atom stereocenters. The molecule has 1 saturated heterocycles. The molecule has 86 valence electrons. The van der Waals surface area contributed by atoms with Gasteiger partial charge in [0.1, 0.15) is 0 Å². The van der Waals surface area contributed by atoms with Crippen LogP contribution < -0.4 is 10.6 Å². The van der Waals surface area contributed by atoms with Crippen molar-refractivity contribution in [3.8, 4) is 0 Å². The Hall–Kier alpha value is -0.980. The summed E-state index contributed by atoms with van der Waals surface area (Å²) in [6.45, 7) is 1.28. The summed E-state index contributed by atoms with van der Waals surface area (Å²) in [5.41, 5.74) is 0. The Morgan fingerprint density at radius 1 is 1.47 bits per heavy atom. The highest BCUT2D eigenvalue weighted by atomic mass is 16.5. The molecule has 3 N–H and O–H groups in total. The molecule has 1 aliphatic heterocycles. The number of hydrogen-bond donors (Lipinski definition) is 3. The monoisotopic (exact) mass is 216 g/mol. The number of hydrogen-bond acceptors (Lipinski definition) is 5. The molecular formula is C9H16N2O4. The minimum absolute atomic E-state index is 0.00157. The Balaban J connectivity index is 2.10. The molecule has 1 atom stereocenters. The van der Waals surface area contributed by atoms with Gasteiger partial charge in [-0.05, 0) is 6.42 Å². The van der Waals surface area contributed by atoms with E-state index in [2.05, 4.69) is 10.6 Å². The molecule has 0 spiro atoms. The number of aliphatic hydroxyl groups is 1. The lowest BCUT2D eigenvalue weighted by molar-refractivity contribution is -0.134. The summed E-state index contributed by atoms with van der Waals surface area (Å²) in [7, 11) is 0. The standard InChI is InChI=1S/C9H16N2O4/c12-4-6-15-5-3-10-7-1-2-8(13)11-9(7)14/h7,10,12H,1-6H2,(H,11,13,14). The zero-order valence-corrected chi connectivity index (χ0v) is 8.49. The second-order valence-corrected chi connectivity index (χ2v) is 3.29. The molecule has 0 aromatic carbocycles. The maximum absolute atomic E-state index is 11.2. The Bertz CT molecular complexity index is 232. The topological polar surface area (TPSA) is 87.7 Å². The van der Waals surface area contributed by atoms with Gasteiger partial charge in [0.05, 0.1) is 25.9 Å². The third kappa shape index (κ3) is 4.37. The second-order valence-electron chi connectivity index (χ2n) is 3.29. The highest BCUT2D eigenvalue weighted by Crippen LogP contribution is 2.03. The minimum Gasteiger partial charge on any atom is -0.394 e. The molecule has 1 rings (SSSR count). The van der Waals surface area contributed by atoms with E-state index >= 15 is 0 Å². The van der Waals surface area contributed by atoms with Crippen LogP contribution in [-0.4, -0.2) is 49.3 Å². The van der Waals surface area contributed by atoms with E-state index in [1.54, 1.807) is 0 Å². The number of carbonyl (C=O) groups is 2. The third-order valence-electron chi connectivity index (χ3n) is 2.11. The molecule has 15 heavy (non-hydrogen) atoms. The van der Waals surface area contributed by atoms with Crippen LogP contribution in [0.25, 0.3) is 0 Å². The first-order chi connectivity index (χ1) is 7.24. The number of aliphatic hydroxyl groups excluding tert-OH is 1. The van der Waals surface area contributed by atoms with Crippen LogP contribution in [0.4, 0.5) is 0 Å². The van der Waals surface area contributed by atoms with Gasteiger partial charge in [-0.15, -0.1) is 0 Å². The lowest BCUT2D eigenvalue weighted by atomic mass is 10.1. The van der Waals surface area contributed by atoms with E-state index in [0.29, 0.717) is 32.6 Å². The van der Waals surface area contributed by atoms with Crippen LogP contribution in [0.1, 0.15) is 12.8 Å². The molecular weight excluding hydrogens is 200 g/mol. The van der Waals surface area contributed by atoms with Gasteiger partial charge in [0.25, 0.3) is 0 Å². The van der Waals surface area contributed by atoms with E-state index in [1.165, 1.54) is 0 Å². The van der Waals surface area contributed by atoms with Crippen molar-refractivity contribution in [2.24, 2.45) is 0 Å². The van der Waals surface area contributed by atoms with Crippen molar-refractivity contribution < 1.29 is 19.4 Å². The third-order valence-corrected chi connectivity index (χ3v) is 2.11. The molecule has 1 aliphatic rings. The van der Waals surface area contributed by atoms with Crippen LogP contribution in [0.3, 0.4) is 0 Å². The average Bonchev–Trinajstić information content (AvgIpc) is 2.20. The number of ether oxygens (including phenoxy) is 1. The average molecular weight is 216 g/mol. The van der Waals surface area contributed by atoms with Crippen molar-refractivity contribution in [2.45, 2.75) is 18.9 Å². The summed E-state index contributed by atoms with van der Waals surface area (Å²) >= 11 is 0. The summed E-state index contributed by atoms with van der Waals surface area (Å²) < 4.78 is 5.02. The molecule has 2 amide bonds. The number of amides is 2. The first-order valence-electron chi connectivity index (χ1n) is 4.99. The second kappa shape index (κ2) is 6.49. The number of piperidine rings is 1. The first-order valence-corrected chi connectivity index (χ1v) is 4.99. The predicted octanol–water partition coefficient (Wildman–Crippen LogP) is -1.61. The van der Waals surface area contributed by atoms with E-state index in [-0.39, 0.29) is 24.5 Å². The molecule has 0 radical (unpaired) electrons. The van der Waals surface area contributed by atoms with Gasteiger partial charge < -0.3 is 15.2 Å². The zero-order valence-electron chi connectivity index (χ0n) is 8.49. The molecule has 1 fully saturated rings. The predicted molar refractivity (Wildman–Crippen MR) is 52.1 cm³/mol. The lowest BCUT2D eigenvalue weighted by Crippen LogP contribution is -2.51. The Morgan fingerprint density at radius 2 is 2.27 bits per heavy atom. The maximum atomic E-state index is 11.2. The van der Waals surface area contributed by atoms with E-state index in [4.69, 9.17) is 9.84 Å². The van der Waals surface area contributed by atoms with Gasteiger partial charge in [0, 0.05) is 13.0 Å². The van der Waals surface area contributed by atoms with Crippen LogP contribution in [0.5, 0.6) is 0 Å². The summed E-state index contributed by atoms with van der Waals surface area (Å²) in [6, 6.07) is -0.305. The van der Waals surface area contributed by atoms with Crippen molar-refractivity contribution in [2.75, 3.05) is 26.4 Å². The summed E-state index contributed by atoms with van der Waals surface area (Å²) in [6.07, 6.45) is 0.908. The van der Waals surface area contributed by atoms with Gasteiger partial charge in [-0.2, -0.15) is 0 Å². The number of carbonyl (C=O) groups excluding carboxylic acids is 2. The van der Waals surface area contributed by atoms with Crippen LogP contribution >= 0.6 is 0 Å². The van der Waals surface area contributed by atoms with E-state index in [1.807, 2.05) is 0 Å². The first kappa shape index (κ1) is 12.1. The number of rotatable bonds is 6. The zero-order chi connectivity index (χ0) is 11.1. The van der Waals surface area contributed by atoms with E-state index in [0.717, 1.165) is 0 Å². The number of nitrogens with one attached hydrogen (secondary N) is 2. The Kier molecular flexibility index (Phi) is 5.23. The van der Waals surface area contributed by atoms with Gasteiger partial charge in [-0.1, -0.05) is 0 Å². The Morgan fingerprint density at radius 3 is 2.93 bits per heavy atom. The summed E-state index contributed by atoms with van der Waals surface area (Å²) in [5, 5.41) is 13.7. The van der Waals surface area contributed by atoms with Crippen molar-refractivity contribution in [3.05, 3.63) is 0 Å². The largest absolute Gasteiger partial charge is 0.394 e. The highest BCUT2D eigenvalue weighted by Gasteiger charge is 2.25.